The second-order valence-corrected chi connectivity index (χ2v) is 8.02. The molecule has 6 heteroatoms. The Morgan fingerprint density at radius 1 is 1.32 bits per heavy atom. The molecule has 1 saturated carbocycles. The number of nitrogens with one attached hydrogen (secondary N) is 1. The van der Waals surface area contributed by atoms with E-state index in [2.05, 4.69) is 43.2 Å². The van der Waals surface area contributed by atoms with E-state index in [1.54, 1.807) is 6.07 Å². The monoisotopic (exact) mass is 404 g/mol. The minimum absolute atomic E-state index is 0.153. The highest BCUT2D eigenvalue weighted by molar-refractivity contribution is 9.13. The van der Waals surface area contributed by atoms with Crippen LogP contribution in [0.4, 0.5) is 0 Å². The van der Waals surface area contributed by atoms with Gasteiger partial charge in [0.15, 0.2) is 0 Å². The lowest BCUT2D eigenvalue weighted by molar-refractivity contribution is 0.0917. The van der Waals surface area contributed by atoms with E-state index in [4.69, 9.17) is 0 Å². The fourth-order valence-electron chi connectivity index (χ4n) is 2.33. The molecule has 0 radical (unpaired) electrons. The van der Waals surface area contributed by atoms with Crippen LogP contribution in [0, 0.1) is 11.3 Å². The van der Waals surface area contributed by atoms with Gasteiger partial charge < -0.3 is 5.32 Å². The number of nitrogens with zero attached hydrogens (tertiary/aromatic N) is 1. The Balaban J connectivity index is 2.13. The van der Waals surface area contributed by atoms with E-state index in [1.165, 1.54) is 11.3 Å². The predicted octanol–water partition coefficient (Wildman–Crippen LogP) is 4.62. The third-order valence-corrected chi connectivity index (χ3v) is 6.65. The molecule has 0 unspecified atom stereocenters. The van der Waals surface area contributed by atoms with Crippen molar-refractivity contribution in [3.05, 3.63) is 19.2 Å². The Bertz CT molecular complexity index is 494. The van der Waals surface area contributed by atoms with E-state index in [0.717, 1.165) is 46.8 Å². The zero-order valence-electron chi connectivity index (χ0n) is 10.3. The molecule has 1 amide bonds. The fourth-order valence-corrected chi connectivity index (χ4v) is 4.27. The molecule has 1 aromatic heterocycles. The molecule has 102 valence electrons. The lowest BCUT2D eigenvalue weighted by Crippen LogP contribution is -2.46. The van der Waals surface area contributed by atoms with Gasteiger partial charge >= 0.3 is 0 Å². The van der Waals surface area contributed by atoms with Gasteiger partial charge in [0.1, 0.15) is 5.54 Å². The fraction of sp³-hybridized carbons (Fsp3) is 0.538. The summed E-state index contributed by atoms with van der Waals surface area (Å²) in [6.07, 6.45) is 5.81. The van der Waals surface area contributed by atoms with E-state index in [0.29, 0.717) is 4.88 Å². The van der Waals surface area contributed by atoms with Crippen molar-refractivity contribution in [3.63, 3.8) is 0 Å². The van der Waals surface area contributed by atoms with Crippen molar-refractivity contribution in [1.29, 1.82) is 5.26 Å². The molecule has 1 aromatic rings. The van der Waals surface area contributed by atoms with Gasteiger partial charge in [-0.15, -0.1) is 11.3 Å². The van der Waals surface area contributed by atoms with Crippen molar-refractivity contribution < 1.29 is 4.79 Å². The summed E-state index contributed by atoms with van der Waals surface area (Å²) in [5, 5.41) is 12.4. The molecule has 0 aliphatic heterocycles. The highest BCUT2D eigenvalue weighted by atomic mass is 79.9. The second kappa shape index (κ2) is 6.38. The third kappa shape index (κ3) is 3.59. The van der Waals surface area contributed by atoms with Gasteiger partial charge in [-0.25, -0.2) is 0 Å². The van der Waals surface area contributed by atoms with Gasteiger partial charge in [0.25, 0.3) is 5.91 Å². The topological polar surface area (TPSA) is 52.9 Å². The van der Waals surface area contributed by atoms with Crippen LogP contribution < -0.4 is 5.32 Å². The maximum absolute atomic E-state index is 12.3. The molecule has 1 fully saturated rings. The number of carbonyl (C=O) groups excluding carboxylic acids is 1. The number of hydrogen-bond donors (Lipinski definition) is 1. The highest BCUT2D eigenvalue weighted by Crippen LogP contribution is 2.33. The molecule has 1 N–H and O–H groups in total. The van der Waals surface area contributed by atoms with Crippen molar-refractivity contribution >= 4 is 49.1 Å². The van der Waals surface area contributed by atoms with Crippen LogP contribution in [0.25, 0.3) is 0 Å². The van der Waals surface area contributed by atoms with Crippen molar-refractivity contribution in [2.75, 3.05) is 0 Å². The quantitative estimate of drug-likeness (QED) is 0.729. The van der Waals surface area contributed by atoms with E-state index >= 15 is 0 Å². The summed E-state index contributed by atoms with van der Waals surface area (Å²) in [5.41, 5.74) is -0.684. The van der Waals surface area contributed by atoms with Gasteiger partial charge in [-0.05, 0) is 50.8 Å². The molecule has 3 nitrogen and oxygen atoms in total. The Morgan fingerprint density at radius 2 is 1.95 bits per heavy atom. The summed E-state index contributed by atoms with van der Waals surface area (Å²) in [7, 11) is 0. The number of amides is 1. The molecule has 0 saturated heterocycles. The first-order valence-corrected chi connectivity index (χ1v) is 8.65. The molecule has 0 atom stereocenters. The van der Waals surface area contributed by atoms with Crippen molar-refractivity contribution in [3.8, 4) is 6.07 Å². The van der Waals surface area contributed by atoms with Gasteiger partial charge in [0.2, 0.25) is 0 Å². The summed E-state index contributed by atoms with van der Waals surface area (Å²) in [6.45, 7) is 0. The first-order valence-electron chi connectivity index (χ1n) is 6.25. The largest absolute Gasteiger partial charge is 0.333 e. The molecule has 19 heavy (non-hydrogen) atoms. The van der Waals surface area contributed by atoms with Gasteiger partial charge in [0, 0.05) is 4.47 Å². The molecule has 1 aliphatic carbocycles. The predicted molar refractivity (Wildman–Crippen MR) is 83.2 cm³/mol. The summed E-state index contributed by atoms with van der Waals surface area (Å²) in [6, 6.07) is 4.11. The molecule has 0 spiro atoms. The van der Waals surface area contributed by atoms with Gasteiger partial charge in [-0.3, -0.25) is 4.79 Å². The van der Waals surface area contributed by atoms with E-state index < -0.39 is 5.54 Å². The summed E-state index contributed by atoms with van der Waals surface area (Å²) >= 11 is 8.12. The zero-order chi connectivity index (χ0) is 13.9. The number of thiophene rings is 1. The molecule has 0 bridgehead atoms. The number of rotatable bonds is 2. The minimum Gasteiger partial charge on any atom is -0.333 e. The second-order valence-electron chi connectivity index (χ2n) is 4.79. The maximum atomic E-state index is 12.3. The lowest BCUT2D eigenvalue weighted by atomic mass is 9.92. The number of carbonyl (C=O) groups is 1. The molecule has 2 rings (SSSR count). The van der Waals surface area contributed by atoms with Crippen LogP contribution in [0.5, 0.6) is 0 Å². The van der Waals surface area contributed by atoms with Crippen LogP contribution >= 0.6 is 43.2 Å². The first-order chi connectivity index (χ1) is 9.06. The highest BCUT2D eigenvalue weighted by Gasteiger charge is 2.33. The van der Waals surface area contributed by atoms with Gasteiger partial charge in [-0.1, -0.05) is 25.7 Å². The average molecular weight is 406 g/mol. The van der Waals surface area contributed by atoms with Crippen LogP contribution in [0.1, 0.15) is 48.2 Å². The molecular formula is C13H14Br2N2OS. The van der Waals surface area contributed by atoms with E-state index in [9.17, 15) is 10.1 Å². The number of hydrogen-bond acceptors (Lipinski definition) is 3. The Morgan fingerprint density at radius 3 is 2.42 bits per heavy atom. The minimum atomic E-state index is -0.684. The van der Waals surface area contributed by atoms with Gasteiger partial charge in [-0.2, -0.15) is 5.26 Å². The summed E-state index contributed by atoms with van der Waals surface area (Å²) < 4.78 is 1.76. The Kier molecular flexibility index (Phi) is 5.04. The Hall–Kier alpha value is -0.380. The molecule has 1 aliphatic rings. The average Bonchev–Trinajstić information content (AvgIpc) is 2.62. The van der Waals surface area contributed by atoms with Crippen LogP contribution in [0.15, 0.2) is 14.3 Å². The van der Waals surface area contributed by atoms with Crippen LogP contribution in [-0.4, -0.2) is 11.4 Å². The van der Waals surface area contributed by atoms with Crippen molar-refractivity contribution in [2.45, 2.75) is 44.1 Å². The van der Waals surface area contributed by atoms with Gasteiger partial charge in [0.05, 0.1) is 14.7 Å². The first kappa shape index (κ1) is 15.0. The van der Waals surface area contributed by atoms with E-state index in [-0.39, 0.29) is 5.91 Å². The molecule has 0 aromatic carbocycles. The maximum Gasteiger partial charge on any atom is 0.262 e. The summed E-state index contributed by atoms with van der Waals surface area (Å²) in [5.74, 6) is -0.153. The smallest absolute Gasteiger partial charge is 0.262 e. The molecule has 1 heterocycles. The zero-order valence-corrected chi connectivity index (χ0v) is 14.3. The third-order valence-electron chi connectivity index (χ3n) is 3.39. The normalized spacial score (nSPS) is 18.4. The standard InChI is InChI=1S/C13H14Br2N2OS/c14-9-7-10(19-11(9)15)12(18)17-13(8-16)5-3-1-2-4-6-13/h7H,1-6H2,(H,17,18). The van der Waals surface area contributed by atoms with Crippen molar-refractivity contribution in [1.82, 2.24) is 5.32 Å². The SMILES string of the molecule is N#CC1(NC(=O)c2cc(Br)c(Br)s2)CCCCCC1. The summed E-state index contributed by atoms with van der Waals surface area (Å²) in [4.78, 5) is 12.9. The lowest BCUT2D eigenvalue weighted by Gasteiger charge is -2.25. The number of nitriles is 1. The van der Waals surface area contributed by atoms with Crippen molar-refractivity contribution in [2.24, 2.45) is 0 Å². The van der Waals surface area contributed by atoms with Crippen LogP contribution in [-0.2, 0) is 0 Å². The molecular weight excluding hydrogens is 392 g/mol. The number of halogens is 2. The van der Waals surface area contributed by atoms with Crippen LogP contribution in [0.3, 0.4) is 0 Å². The Labute approximate surface area is 133 Å². The van der Waals surface area contributed by atoms with E-state index in [1.807, 2.05) is 0 Å². The van der Waals surface area contributed by atoms with Crippen LogP contribution in [0.2, 0.25) is 0 Å².